The summed E-state index contributed by atoms with van der Waals surface area (Å²) in [5.41, 5.74) is 1.63. The fourth-order valence-corrected chi connectivity index (χ4v) is 3.14. The molecule has 0 aliphatic heterocycles. The van der Waals surface area contributed by atoms with Gasteiger partial charge in [-0.3, -0.25) is 4.79 Å². The molecule has 0 saturated heterocycles. The van der Waals surface area contributed by atoms with Crippen LogP contribution in [0, 0.1) is 0 Å². The number of nitrogens with one attached hydrogen (secondary N) is 3. The average Bonchev–Trinajstić information content (AvgIpc) is 2.81. The fraction of sp³-hybridized carbons (Fsp3) is 0.308. The molecule has 0 radical (unpaired) electrons. The molecule has 1 heterocycles. The van der Waals surface area contributed by atoms with Crippen LogP contribution < -0.4 is 9.44 Å². The number of aromatic amines is 1. The van der Waals surface area contributed by atoms with Gasteiger partial charge in [0.2, 0.25) is 0 Å². The van der Waals surface area contributed by atoms with E-state index in [4.69, 9.17) is 0 Å². The molecule has 0 saturated carbocycles. The molecule has 0 aliphatic rings. The Labute approximate surface area is 122 Å². The monoisotopic (exact) mass is 311 g/mol. The number of fused-ring (bicyclic) bond motifs is 1. The van der Waals surface area contributed by atoms with Crippen molar-refractivity contribution in [2.45, 2.75) is 19.4 Å². The van der Waals surface area contributed by atoms with Gasteiger partial charge in [-0.15, -0.1) is 0 Å². The van der Waals surface area contributed by atoms with Crippen LogP contribution in [-0.2, 0) is 21.4 Å². The maximum absolute atomic E-state index is 11.6. The molecule has 2 aromatic rings. The van der Waals surface area contributed by atoms with Crippen LogP contribution in [0.4, 0.5) is 0 Å². The van der Waals surface area contributed by atoms with Gasteiger partial charge in [0.1, 0.15) is 6.04 Å². The third-order valence-corrected chi connectivity index (χ3v) is 4.29. The van der Waals surface area contributed by atoms with Gasteiger partial charge in [-0.25, -0.2) is 4.72 Å². The van der Waals surface area contributed by atoms with Gasteiger partial charge in [0.25, 0.3) is 10.2 Å². The molecule has 0 amide bonds. The van der Waals surface area contributed by atoms with E-state index in [1.165, 1.54) is 0 Å². The van der Waals surface area contributed by atoms with Gasteiger partial charge in [-0.05, 0) is 11.6 Å². The molecule has 2 rings (SSSR count). The second-order valence-corrected chi connectivity index (χ2v) is 6.10. The first-order valence-electron chi connectivity index (χ1n) is 6.47. The maximum atomic E-state index is 11.6. The minimum atomic E-state index is -3.82. The molecule has 0 spiro atoms. The van der Waals surface area contributed by atoms with Crippen molar-refractivity contribution in [3.05, 3.63) is 36.0 Å². The number of H-pyrrole nitrogens is 1. The molecule has 1 aromatic heterocycles. The van der Waals surface area contributed by atoms with Crippen LogP contribution >= 0.6 is 0 Å². The van der Waals surface area contributed by atoms with Crippen LogP contribution in [0.25, 0.3) is 10.9 Å². The molecule has 4 N–H and O–H groups in total. The van der Waals surface area contributed by atoms with Crippen molar-refractivity contribution in [2.24, 2.45) is 0 Å². The molecule has 0 unspecified atom stereocenters. The summed E-state index contributed by atoms with van der Waals surface area (Å²) in [4.78, 5) is 14.3. The number of carboxylic acid groups (broad SMARTS) is 1. The topological polar surface area (TPSA) is 111 Å². The predicted octanol–water partition coefficient (Wildman–Crippen LogP) is 0.607. The first-order chi connectivity index (χ1) is 9.93. The summed E-state index contributed by atoms with van der Waals surface area (Å²) in [7, 11) is -3.82. The minimum Gasteiger partial charge on any atom is -0.480 e. The first kappa shape index (κ1) is 15.5. The van der Waals surface area contributed by atoms with Crippen molar-refractivity contribution in [1.29, 1.82) is 0 Å². The number of aliphatic carboxylic acids is 1. The average molecular weight is 311 g/mol. The van der Waals surface area contributed by atoms with E-state index in [9.17, 15) is 18.3 Å². The molecular formula is C13H17N3O4S. The van der Waals surface area contributed by atoms with Crippen LogP contribution in [0.15, 0.2) is 30.5 Å². The van der Waals surface area contributed by atoms with Crippen molar-refractivity contribution in [3.8, 4) is 0 Å². The number of hydrogen-bond acceptors (Lipinski definition) is 3. The van der Waals surface area contributed by atoms with E-state index in [0.29, 0.717) is 0 Å². The Kier molecular flexibility index (Phi) is 4.61. The smallest absolute Gasteiger partial charge is 0.322 e. The third-order valence-electron chi connectivity index (χ3n) is 3.03. The van der Waals surface area contributed by atoms with Crippen molar-refractivity contribution in [1.82, 2.24) is 14.4 Å². The largest absolute Gasteiger partial charge is 0.480 e. The Morgan fingerprint density at radius 1 is 1.38 bits per heavy atom. The lowest BCUT2D eigenvalue weighted by Crippen LogP contribution is -2.47. The van der Waals surface area contributed by atoms with E-state index in [2.05, 4.69) is 14.4 Å². The molecule has 1 aromatic carbocycles. The van der Waals surface area contributed by atoms with Crippen LogP contribution in [0.3, 0.4) is 0 Å². The molecule has 0 bridgehead atoms. The zero-order valence-electron chi connectivity index (χ0n) is 11.5. The molecular weight excluding hydrogens is 294 g/mol. The maximum Gasteiger partial charge on any atom is 0.322 e. The van der Waals surface area contributed by atoms with Crippen LogP contribution in [0.5, 0.6) is 0 Å². The second-order valence-electron chi connectivity index (χ2n) is 4.57. The van der Waals surface area contributed by atoms with Crippen molar-refractivity contribution in [3.63, 3.8) is 0 Å². The molecule has 7 nitrogen and oxygen atoms in total. The number of benzene rings is 1. The fourth-order valence-electron chi connectivity index (χ4n) is 2.12. The highest BCUT2D eigenvalue weighted by Gasteiger charge is 2.24. The van der Waals surface area contributed by atoms with E-state index in [0.717, 1.165) is 16.5 Å². The van der Waals surface area contributed by atoms with Gasteiger partial charge >= 0.3 is 5.97 Å². The number of carbonyl (C=O) groups is 1. The molecule has 114 valence electrons. The van der Waals surface area contributed by atoms with E-state index in [1.54, 1.807) is 13.1 Å². The molecule has 0 fully saturated rings. The lowest BCUT2D eigenvalue weighted by molar-refractivity contribution is -0.138. The van der Waals surface area contributed by atoms with Crippen LogP contribution in [0.1, 0.15) is 12.5 Å². The minimum absolute atomic E-state index is 0.0595. The van der Waals surface area contributed by atoms with Gasteiger partial charge in [0.15, 0.2) is 0 Å². The Balaban J connectivity index is 2.23. The number of carboxylic acids is 1. The van der Waals surface area contributed by atoms with Crippen molar-refractivity contribution >= 4 is 27.1 Å². The number of para-hydroxylation sites is 1. The van der Waals surface area contributed by atoms with Gasteiger partial charge in [-0.2, -0.15) is 13.1 Å². The number of hydrogen-bond donors (Lipinski definition) is 4. The van der Waals surface area contributed by atoms with Gasteiger partial charge in [0, 0.05) is 30.1 Å². The van der Waals surface area contributed by atoms with Crippen molar-refractivity contribution in [2.75, 3.05) is 6.54 Å². The summed E-state index contributed by atoms with van der Waals surface area (Å²) in [5.74, 6) is -1.22. The van der Waals surface area contributed by atoms with Crippen LogP contribution in [-0.4, -0.2) is 37.1 Å². The second kappa shape index (κ2) is 6.25. The molecule has 8 heteroatoms. The normalized spacial score (nSPS) is 13.4. The quantitative estimate of drug-likeness (QED) is 0.600. The number of aromatic nitrogens is 1. The molecule has 21 heavy (non-hydrogen) atoms. The van der Waals surface area contributed by atoms with Gasteiger partial charge < -0.3 is 10.1 Å². The zero-order valence-corrected chi connectivity index (χ0v) is 12.3. The van der Waals surface area contributed by atoms with E-state index in [1.807, 2.05) is 24.3 Å². The third kappa shape index (κ3) is 3.81. The Bertz CT molecular complexity index is 739. The Morgan fingerprint density at radius 3 is 2.76 bits per heavy atom. The van der Waals surface area contributed by atoms with Crippen LogP contribution in [0.2, 0.25) is 0 Å². The summed E-state index contributed by atoms with van der Waals surface area (Å²) in [6.45, 7) is 1.81. The predicted molar refractivity (Wildman–Crippen MR) is 79.2 cm³/mol. The molecule has 1 atom stereocenters. The molecule has 0 aliphatic carbocycles. The highest BCUT2D eigenvalue weighted by Crippen LogP contribution is 2.19. The lowest BCUT2D eigenvalue weighted by Gasteiger charge is -2.14. The Hall–Kier alpha value is -1.90. The highest BCUT2D eigenvalue weighted by atomic mass is 32.2. The first-order valence-corrected chi connectivity index (χ1v) is 7.96. The summed E-state index contributed by atoms with van der Waals surface area (Å²) < 4.78 is 27.6. The Morgan fingerprint density at radius 2 is 2.10 bits per heavy atom. The van der Waals surface area contributed by atoms with E-state index in [-0.39, 0.29) is 13.0 Å². The van der Waals surface area contributed by atoms with Gasteiger partial charge in [-0.1, -0.05) is 25.1 Å². The number of rotatable bonds is 7. The van der Waals surface area contributed by atoms with E-state index < -0.39 is 22.2 Å². The highest BCUT2D eigenvalue weighted by molar-refractivity contribution is 7.87. The zero-order chi connectivity index (χ0) is 15.5. The van der Waals surface area contributed by atoms with Crippen molar-refractivity contribution < 1.29 is 18.3 Å². The van der Waals surface area contributed by atoms with E-state index >= 15 is 0 Å². The summed E-state index contributed by atoms with van der Waals surface area (Å²) in [5, 5.41) is 10.1. The lowest BCUT2D eigenvalue weighted by atomic mass is 10.1. The standard InChI is InChI=1S/C13H17N3O4S/c1-2-15-21(19,20)16-12(13(17)18)7-9-8-14-11-6-4-3-5-10(9)11/h3-6,8,12,14-16H,2,7H2,1H3,(H,17,18)/t12-/m0/s1. The summed E-state index contributed by atoms with van der Waals surface area (Å²) in [6, 6.07) is 6.22. The summed E-state index contributed by atoms with van der Waals surface area (Å²) >= 11 is 0. The summed E-state index contributed by atoms with van der Waals surface area (Å²) in [6.07, 6.45) is 1.76. The SMILES string of the molecule is CCNS(=O)(=O)N[C@@H](Cc1c[nH]c2ccccc12)C(=O)O. The van der Waals surface area contributed by atoms with Gasteiger partial charge in [0.05, 0.1) is 0 Å².